The lowest BCUT2D eigenvalue weighted by molar-refractivity contribution is 0.483. The van der Waals surface area contributed by atoms with Gasteiger partial charge in [-0.3, -0.25) is 0 Å². The average molecular weight is 248 g/mol. The maximum Gasteiger partial charge on any atom is 0.235 e. The molecule has 0 N–H and O–H groups in total. The van der Waals surface area contributed by atoms with Crippen molar-refractivity contribution in [3.8, 4) is 0 Å². The zero-order valence-electron chi connectivity index (χ0n) is 7.86. The molecule has 0 radical (unpaired) electrons. The highest BCUT2D eigenvalue weighted by Gasteiger charge is 2.47. The Morgan fingerprint density at radius 1 is 1.31 bits per heavy atom. The Bertz CT molecular complexity index is 507. The second-order valence-electron chi connectivity index (χ2n) is 3.58. The number of carbonyl (C=O) groups excluding carboxylic acids is 1. The molecule has 16 heavy (non-hydrogen) atoms. The van der Waals surface area contributed by atoms with Crippen molar-refractivity contribution in [2.45, 2.75) is 18.4 Å². The first-order valence-electron chi connectivity index (χ1n) is 4.44. The van der Waals surface area contributed by atoms with E-state index in [1.807, 2.05) is 0 Å². The molecule has 1 aliphatic carbocycles. The number of rotatable bonds is 2. The third-order valence-electron chi connectivity index (χ3n) is 2.59. The Hall–Kier alpha value is -1.32. The van der Waals surface area contributed by atoms with E-state index < -0.39 is 28.0 Å². The summed E-state index contributed by atoms with van der Waals surface area (Å²) in [6, 6.07) is 0.685. The van der Waals surface area contributed by atoms with Gasteiger partial charge in [-0.25, -0.2) is 18.0 Å². The van der Waals surface area contributed by atoms with E-state index in [0.29, 0.717) is 18.9 Å². The Morgan fingerprint density at radius 3 is 2.44 bits per heavy atom. The van der Waals surface area contributed by atoms with Gasteiger partial charge in [0, 0.05) is 5.56 Å². The SMILES string of the molecule is O=C=NC1(c2cc(F)c(F)c(Cl)c2F)CC1. The molecule has 0 heterocycles. The number of hydrogen-bond acceptors (Lipinski definition) is 2. The van der Waals surface area contributed by atoms with E-state index in [-0.39, 0.29) is 5.56 Å². The predicted octanol–water partition coefficient (Wildman–Crippen LogP) is 3.08. The van der Waals surface area contributed by atoms with Crippen molar-refractivity contribution in [2.24, 2.45) is 4.99 Å². The maximum atomic E-state index is 13.6. The minimum Gasteiger partial charge on any atom is -0.211 e. The summed E-state index contributed by atoms with van der Waals surface area (Å²) in [5.74, 6) is -3.76. The van der Waals surface area contributed by atoms with Crippen molar-refractivity contribution in [2.75, 3.05) is 0 Å². The molecule has 1 saturated carbocycles. The highest BCUT2D eigenvalue weighted by Crippen LogP contribution is 2.51. The van der Waals surface area contributed by atoms with Gasteiger partial charge in [-0.05, 0) is 18.9 Å². The molecule has 84 valence electrons. The van der Waals surface area contributed by atoms with Crippen molar-refractivity contribution >= 4 is 17.7 Å². The van der Waals surface area contributed by atoms with Gasteiger partial charge in [-0.1, -0.05) is 11.6 Å². The molecule has 0 bridgehead atoms. The monoisotopic (exact) mass is 247 g/mol. The Kier molecular flexibility index (Phi) is 2.52. The van der Waals surface area contributed by atoms with Crippen LogP contribution in [-0.4, -0.2) is 6.08 Å². The van der Waals surface area contributed by atoms with E-state index in [4.69, 9.17) is 11.6 Å². The highest BCUT2D eigenvalue weighted by molar-refractivity contribution is 6.31. The molecular weight excluding hydrogens is 243 g/mol. The molecule has 0 spiro atoms. The highest BCUT2D eigenvalue weighted by atomic mass is 35.5. The Balaban J connectivity index is 2.63. The van der Waals surface area contributed by atoms with Crippen LogP contribution >= 0.6 is 11.6 Å². The van der Waals surface area contributed by atoms with Crippen LogP contribution in [0.1, 0.15) is 18.4 Å². The molecule has 1 aliphatic rings. The van der Waals surface area contributed by atoms with Crippen molar-refractivity contribution < 1.29 is 18.0 Å². The van der Waals surface area contributed by atoms with Gasteiger partial charge >= 0.3 is 0 Å². The molecular formula is C10H5ClF3NO. The maximum absolute atomic E-state index is 13.6. The second-order valence-corrected chi connectivity index (χ2v) is 3.96. The van der Waals surface area contributed by atoms with Crippen molar-refractivity contribution in [1.29, 1.82) is 0 Å². The summed E-state index contributed by atoms with van der Waals surface area (Å²) < 4.78 is 39.5. The fraction of sp³-hybridized carbons (Fsp3) is 0.300. The van der Waals surface area contributed by atoms with E-state index in [2.05, 4.69) is 4.99 Å². The predicted molar refractivity (Wildman–Crippen MR) is 50.4 cm³/mol. The third kappa shape index (κ3) is 1.52. The van der Waals surface area contributed by atoms with E-state index in [1.165, 1.54) is 6.08 Å². The van der Waals surface area contributed by atoms with Crippen molar-refractivity contribution in [1.82, 2.24) is 0 Å². The van der Waals surface area contributed by atoms with Gasteiger partial charge in [0.05, 0.1) is 0 Å². The number of hydrogen-bond donors (Lipinski definition) is 0. The molecule has 2 nitrogen and oxygen atoms in total. The number of benzene rings is 1. The summed E-state index contributed by atoms with van der Waals surface area (Å²) in [5, 5.41) is -0.914. The largest absolute Gasteiger partial charge is 0.235 e. The van der Waals surface area contributed by atoms with Crippen LogP contribution in [-0.2, 0) is 10.3 Å². The average Bonchev–Trinajstić information content (AvgIpc) is 3.02. The molecule has 1 aromatic carbocycles. The lowest BCUT2D eigenvalue weighted by atomic mass is 10.0. The van der Waals surface area contributed by atoms with Crippen LogP contribution in [0.25, 0.3) is 0 Å². The molecule has 2 rings (SSSR count). The van der Waals surface area contributed by atoms with Gasteiger partial charge in [-0.15, -0.1) is 0 Å². The van der Waals surface area contributed by atoms with Crippen LogP contribution < -0.4 is 0 Å². The standard InChI is InChI=1S/C10H5ClF3NO/c11-7-8(13)5(3-6(12)9(7)14)10(1-2-10)15-4-16/h3H,1-2H2. The molecule has 0 aliphatic heterocycles. The summed E-state index contributed by atoms with van der Waals surface area (Å²) in [4.78, 5) is 13.6. The first kappa shape index (κ1) is 11.2. The van der Waals surface area contributed by atoms with Gasteiger partial charge in [0.15, 0.2) is 17.5 Å². The number of nitrogens with zero attached hydrogens (tertiary/aromatic N) is 1. The van der Waals surface area contributed by atoms with Crippen molar-refractivity contribution in [3.05, 3.63) is 34.1 Å². The number of isocyanates is 1. The number of halogens is 4. The molecule has 0 unspecified atom stereocenters. The third-order valence-corrected chi connectivity index (χ3v) is 2.92. The van der Waals surface area contributed by atoms with E-state index in [1.54, 1.807) is 0 Å². The smallest absolute Gasteiger partial charge is 0.211 e. The Morgan fingerprint density at radius 2 is 1.94 bits per heavy atom. The van der Waals surface area contributed by atoms with Gasteiger partial charge in [0.25, 0.3) is 0 Å². The van der Waals surface area contributed by atoms with E-state index >= 15 is 0 Å². The fourth-order valence-electron chi connectivity index (χ4n) is 1.56. The zero-order valence-corrected chi connectivity index (χ0v) is 8.61. The lowest BCUT2D eigenvalue weighted by Gasteiger charge is -2.11. The van der Waals surface area contributed by atoms with Gasteiger partial charge < -0.3 is 0 Å². The topological polar surface area (TPSA) is 29.4 Å². The van der Waals surface area contributed by atoms with Gasteiger partial charge in [0.2, 0.25) is 6.08 Å². The molecule has 6 heteroatoms. The molecule has 0 atom stereocenters. The minimum absolute atomic E-state index is 0.195. The van der Waals surface area contributed by atoms with Gasteiger partial charge in [-0.2, -0.15) is 4.99 Å². The summed E-state index contributed by atoms with van der Waals surface area (Å²) in [5.41, 5.74) is -1.30. The molecule has 1 fully saturated rings. The van der Waals surface area contributed by atoms with Crippen LogP contribution in [0.15, 0.2) is 11.1 Å². The van der Waals surface area contributed by atoms with Crippen LogP contribution in [0.2, 0.25) is 5.02 Å². The second kappa shape index (κ2) is 3.61. The van der Waals surface area contributed by atoms with Crippen LogP contribution in [0.5, 0.6) is 0 Å². The normalized spacial score (nSPS) is 16.8. The summed E-state index contributed by atoms with van der Waals surface area (Å²) in [7, 11) is 0. The zero-order chi connectivity index (χ0) is 11.9. The van der Waals surface area contributed by atoms with Crippen LogP contribution in [0.4, 0.5) is 13.2 Å². The molecule has 0 saturated heterocycles. The Labute approximate surface area is 93.7 Å². The molecule has 0 aromatic heterocycles. The van der Waals surface area contributed by atoms with Crippen LogP contribution in [0.3, 0.4) is 0 Å². The molecule has 1 aromatic rings. The number of aliphatic imine (C=N–C) groups is 1. The van der Waals surface area contributed by atoms with Gasteiger partial charge in [0.1, 0.15) is 10.6 Å². The van der Waals surface area contributed by atoms with Crippen LogP contribution in [0, 0.1) is 17.5 Å². The van der Waals surface area contributed by atoms with E-state index in [9.17, 15) is 18.0 Å². The van der Waals surface area contributed by atoms with Crippen molar-refractivity contribution in [3.63, 3.8) is 0 Å². The lowest BCUT2D eigenvalue weighted by Crippen LogP contribution is -2.08. The quantitative estimate of drug-likeness (QED) is 0.342. The van der Waals surface area contributed by atoms with E-state index in [0.717, 1.165) is 0 Å². The first-order valence-corrected chi connectivity index (χ1v) is 4.82. The summed E-state index contributed by atoms with van der Waals surface area (Å²) in [6.45, 7) is 0. The molecule has 0 amide bonds. The minimum atomic E-state index is -1.44. The fourth-order valence-corrected chi connectivity index (χ4v) is 1.75. The first-order chi connectivity index (χ1) is 7.52. The summed E-state index contributed by atoms with van der Waals surface area (Å²) in [6.07, 6.45) is 2.08. The summed E-state index contributed by atoms with van der Waals surface area (Å²) >= 11 is 5.29.